The largest absolute Gasteiger partial charge is 0.447 e. The summed E-state index contributed by atoms with van der Waals surface area (Å²) in [5.74, 6) is -0.971. The molecule has 0 fully saturated rings. The Bertz CT molecular complexity index is 1140. The number of carbonyl (C=O) groups excluding carboxylic acids is 3. The summed E-state index contributed by atoms with van der Waals surface area (Å²) >= 11 is 1.29. The summed E-state index contributed by atoms with van der Waals surface area (Å²) in [5.41, 5.74) is 4.27. The van der Waals surface area contributed by atoms with Gasteiger partial charge in [-0.3, -0.25) is 19.7 Å². The lowest BCUT2D eigenvalue weighted by Crippen LogP contribution is -2.25. The molecule has 0 radical (unpaired) electrons. The van der Waals surface area contributed by atoms with E-state index in [-0.39, 0.29) is 5.91 Å². The smallest absolute Gasteiger partial charge is 0.303 e. The van der Waals surface area contributed by atoms with Crippen LogP contribution in [0.1, 0.15) is 31.1 Å². The second kappa shape index (κ2) is 8.69. The van der Waals surface area contributed by atoms with Gasteiger partial charge in [0, 0.05) is 42.6 Å². The van der Waals surface area contributed by atoms with Crippen LogP contribution in [0.5, 0.6) is 0 Å². The van der Waals surface area contributed by atoms with Gasteiger partial charge in [-0.2, -0.15) is 0 Å². The SMILES string of the molecule is CC(=O)O[C@@H](C(=O)Nc1nc(-c2ccc3c(c2)CCN3C(C)=O)cs1)c1ccccc1. The van der Waals surface area contributed by atoms with Gasteiger partial charge in [-0.1, -0.05) is 36.4 Å². The number of nitrogens with zero attached hydrogens (tertiary/aromatic N) is 2. The van der Waals surface area contributed by atoms with Gasteiger partial charge < -0.3 is 9.64 Å². The first kappa shape index (κ1) is 20.7. The highest BCUT2D eigenvalue weighted by Gasteiger charge is 2.25. The van der Waals surface area contributed by atoms with Crippen LogP contribution in [-0.2, 0) is 25.5 Å². The molecule has 0 bridgehead atoms. The molecule has 1 aliphatic rings. The van der Waals surface area contributed by atoms with E-state index in [0.717, 1.165) is 28.9 Å². The number of anilines is 2. The second-order valence-corrected chi connectivity index (χ2v) is 8.05. The fourth-order valence-electron chi connectivity index (χ4n) is 3.59. The van der Waals surface area contributed by atoms with Crippen molar-refractivity contribution in [1.29, 1.82) is 0 Å². The Balaban J connectivity index is 1.52. The van der Waals surface area contributed by atoms with E-state index in [1.165, 1.54) is 18.3 Å². The lowest BCUT2D eigenvalue weighted by molar-refractivity contribution is -0.152. The van der Waals surface area contributed by atoms with Gasteiger partial charge in [-0.05, 0) is 24.1 Å². The molecule has 4 rings (SSSR count). The molecule has 1 aromatic heterocycles. The fourth-order valence-corrected chi connectivity index (χ4v) is 4.31. The van der Waals surface area contributed by atoms with Crippen LogP contribution >= 0.6 is 11.3 Å². The van der Waals surface area contributed by atoms with Gasteiger partial charge in [-0.25, -0.2) is 4.98 Å². The van der Waals surface area contributed by atoms with E-state index in [9.17, 15) is 14.4 Å². The monoisotopic (exact) mass is 435 g/mol. The average Bonchev–Trinajstić information content (AvgIpc) is 3.39. The summed E-state index contributed by atoms with van der Waals surface area (Å²) in [6, 6.07) is 14.7. The summed E-state index contributed by atoms with van der Waals surface area (Å²) in [4.78, 5) is 42.3. The molecule has 31 heavy (non-hydrogen) atoms. The Morgan fingerprint density at radius 3 is 2.61 bits per heavy atom. The molecule has 1 N–H and O–H groups in total. The van der Waals surface area contributed by atoms with Crippen molar-refractivity contribution in [3.05, 3.63) is 65.0 Å². The van der Waals surface area contributed by atoms with E-state index >= 15 is 0 Å². The molecule has 1 aliphatic heterocycles. The van der Waals surface area contributed by atoms with Gasteiger partial charge >= 0.3 is 5.97 Å². The number of aromatic nitrogens is 1. The third-order valence-electron chi connectivity index (χ3n) is 5.01. The van der Waals surface area contributed by atoms with E-state index < -0.39 is 18.0 Å². The summed E-state index contributed by atoms with van der Waals surface area (Å²) < 4.78 is 5.24. The van der Waals surface area contributed by atoms with Crippen LogP contribution in [0.3, 0.4) is 0 Å². The Kier molecular flexibility index (Phi) is 5.81. The van der Waals surface area contributed by atoms with Gasteiger partial charge in [0.25, 0.3) is 5.91 Å². The fraction of sp³-hybridized carbons (Fsp3) is 0.217. The zero-order valence-electron chi connectivity index (χ0n) is 17.1. The first-order valence-corrected chi connectivity index (χ1v) is 10.7. The van der Waals surface area contributed by atoms with Gasteiger partial charge in [0.1, 0.15) is 0 Å². The summed E-state index contributed by atoms with van der Waals surface area (Å²) in [6.45, 7) is 3.52. The summed E-state index contributed by atoms with van der Waals surface area (Å²) in [7, 11) is 0. The van der Waals surface area contributed by atoms with Gasteiger partial charge in [0.05, 0.1) is 5.69 Å². The molecule has 0 aliphatic carbocycles. The summed E-state index contributed by atoms with van der Waals surface area (Å²) in [6.07, 6.45) is -0.249. The third-order valence-corrected chi connectivity index (χ3v) is 5.77. The average molecular weight is 436 g/mol. The predicted octanol–water partition coefficient (Wildman–Crippen LogP) is 3.96. The number of fused-ring (bicyclic) bond motifs is 1. The molecule has 1 atom stereocenters. The third kappa shape index (κ3) is 4.49. The number of hydrogen-bond donors (Lipinski definition) is 1. The predicted molar refractivity (Wildman–Crippen MR) is 119 cm³/mol. The van der Waals surface area contributed by atoms with Crippen molar-refractivity contribution in [3.63, 3.8) is 0 Å². The van der Waals surface area contributed by atoms with E-state index in [2.05, 4.69) is 10.3 Å². The van der Waals surface area contributed by atoms with Crippen LogP contribution in [-0.4, -0.2) is 29.3 Å². The highest BCUT2D eigenvalue weighted by Crippen LogP contribution is 2.33. The van der Waals surface area contributed by atoms with Crippen LogP contribution in [0.4, 0.5) is 10.8 Å². The van der Waals surface area contributed by atoms with Gasteiger partial charge in [-0.15, -0.1) is 11.3 Å². The van der Waals surface area contributed by atoms with Crippen LogP contribution in [0.15, 0.2) is 53.9 Å². The maximum absolute atomic E-state index is 12.8. The summed E-state index contributed by atoms with van der Waals surface area (Å²) in [5, 5.41) is 5.02. The molecule has 0 saturated heterocycles. The normalized spacial score (nSPS) is 13.4. The van der Waals surface area contributed by atoms with Crippen LogP contribution in [0.25, 0.3) is 11.3 Å². The molecule has 158 valence electrons. The molecule has 0 saturated carbocycles. The number of amides is 2. The van der Waals surface area contributed by atoms with Crippen LogP contribution < -0.4 is 10.2 Å². The Morgan fingerprint density at radius 1 is 1.13 bits per heavy atom. The maximum Gasteiger partial charge on any atom is 0.303 e. The topological polar surface area (TPSA) is 88.6 Å². The van der Waals surface area contributed by atoms with Crippen LogP contribution in [0, 0.1) is 0 Å². The number of ether oxygens (including phenoxy) is 1. The van der Waals surface area contributed by atoms with Crippen molar-refractivity contribution in [2.75, 3.05) is 16.8 Å². The minimum atomic E-state index is -1.05. The minimum Gasteiger partial charge on any atom is -0.447 e. The van der Waals surface area contributed by atoms with Gasteiger partial charge in [0.2, 0.25) is 12.0 Å². The molecule has 8 heteroatoms. The standard InChI is InChI=1S/C23H21N3O4S/c1-14(27)26-11-10-18-12-17(8-9-20(18)26)19-13-31-23(24-19)25-22(29)21(30-15(2)28)16-6-4-3-5-7-16/h3-9,12-13,21H,10-11H2,1-2H3,(H,24,25,29)/t21-/m1/s1. The molecule has 2 heterocycles. The second-order valence-electron chi connectivity index (χ2n) is 7.19. The molecule has 2 amide bonds. The molecule has 2 aromatic carbocycles. The number of hydrogen-bond acceptors (Lipinski definition) is 6. The molecule has 3 aromatic rings. The number of rotatable bonds is 5. The van der Waals surface area contributed by atoms with E-state index in [1.54, 1.807) is 36.1 Å². The Hall–Kier alpha value is -3.52. The molecule has 7 nitrogen and oxygen atoms in total. The van der Waals surface area contributed by atoms with Crippen LogP contribution in [0.2, 0.25) is 0 Å². The number of carbonyl (C=O) groups is 3. The number of thiazole rings is 1. The number of nitrogens with one attached hydrogen (secondary N) is 1. The molecule has 0 unspecified atom stereocenters. The van der Waals surface area contributed by atoms with Crippen molar-refractivity contribution in [3.8, 4) is 11.3 Å². The highest BCUT2D eigenvalue weighted by atomic mass is 32.1. The number of esters is 1. The van der Waals surface area contributed by atoms with Crippen molar-refractivity contribution >= 4 is 39.9 Å². The zero-order valence-corrected chi connectivity index (χ0v) is 17.9. The van der Waals surface area contributed by atoms with Crippen molar-refractivity contribution in [1.82, 2.24) is 4.98 Å². The lowest BCUT2D eigenvalue weighted by atomic mass is 10.1. The molecular weight excluding hydrogens is 414 g/mol. The quantitative estimate of drug-likeness (QED) is 0.613. The molecular formula is C23H21N3O4S. The van der Waals surface area contributed by atoms with Crippen molar-refractivity contribution in [2.45, 2.75) is 26.4 Å². The van der Waals surface area contributed by atoms with Gasteiger partial charge in [0.15, 0.2) is 5.13 Å². The van der Waals surface area contributed by atoms with E-state index in [1.807, 2.05) is 29.6 Å². The first-order valence-electron chi connectivity index (χ1n) is 9.82. The maximum atomic E-state index is 12.8. The Labute approximate surface area is 183 Å². The van der Waals surface area contributed by atoms with E-state index in [0.29, 0.717) is 17.2 Å². The van der Waals surface area contributed by atoms with Crippen molar-refractivity contribution in [2.24, 2.45) is 0 Å². The number of benzene rings is 2. The lowest BCUT2D eigenvalue weighted by Gasteiger charge is -2.16. The van der Waals surface area contributed by atoms with E-state index in [4.69, 9.17) is 4.74 Å². The minimum absolute atomic E-state index is 0.0332. The molecule has 0 spiro atoms. The Morgan fingerprint density at radius 2 is 1.90 bits per heavy atom. The zero-order chi connectivity index (χ0) is 22.0. The van der Waals surface area contributed by atoms with Crippen molar-refractivity contribution < 1.29 is 19.1 Å². The highest BCUT2D eigenvalue weighted by molar-refractivity contribution is 7.14. The first-order chi connectivity index (χ1) is 14.9.